The number of hydrogen-bond donors (Lipinski definition) is 0. The molecule has 4 rings (SSSR count). The van der Waals surface area contributed by atoms with Crippen LogP contribution in [-0.2, 0) is 0 Å². The van der Waals surface area contributed by atoms with Gasteiger partial charge < -0.3 is 4.74 Å². The zero-order valence-corrected chi connectivity index (χ0v) is 11.3. The van der Waals surface area contributed by atoms with Crippen molar-refractivity contribution in [1.29, 1.82) is 0 Å². The van der Waals surface area contributed by atoms with Crippen LogP contribution in [0.4, 0.5) is 0 Å². The number of benzene rings is 1. The lowest BCUT2D eigenvalue weighted by Crippen LogP contribution is -1.93. The summed E-state index contributed by atoms with van der Waals surface area (Å²) < 4.78 is 7.52. The largest absolute Gasteiger partial charge is 0.494 e. The van der Waals surface area contributed by atoms with E-state index in [-0.39, 0.29) is 0 Å². The predicted octanol–water partition coefficient (Wildman–Crippen LogP) is 3.44. The van der Waals surface area contributed by atoms with Crippen LogP contribution >= 0.6 is 0 Å². The van der Waals surface area contributed by atoms with E-state index in [4.69, 9.17) is 9.84 Å². The highest BCUT2D eigenvalue weighted by atomic mass is 16.5. The minimum Gasteiger partial charge on any atom is -0.494 e. The van der Waals surface area contributed by atoms with Crippen molar-refractivity contribution >= 4 is 10.9 Å². The minimum absolute atomic E-state index is 0.567. The van der Waals surface area contributed by atoms with Gasteiger partial charge in [-0.15, -0.1) is 0 Å². The summed E-state index contributed by atoms with van der Waals surface area (Å²) in [5.41, 5.74) is 3.27. The van der Waals surface area contributed by atoms with Crippen molar-refractivity contribution in [3.63, 3.8) is 0 Å². The Balaban J connectivity index is 1.97. The normalized spacial score (nSPS) is 14.7. The number of methoxy groups -OCH3 is 1. The number of ether oxygens (including phenoxy) is 1. The lowest BCUT2D eigenvalue weighted by molar-refractivity contribution is 0.418. The summed E-state index contributed by atoms with van der Waals surface area (Å²) in [4.78, 5) is 4.08. The summed E-state index contributed by atoms with van der Waals surface area (Å²) in [6.07, 6.45) is 8.22. The van der Waals surface area contributed by atoms with Crippen molar-refractivity contribution in [3.05, 3.63) is 42.9 Å². The van der Waals surface area contributed by atoms with Gasteiger partial charge in [-0.1, -0.05) is 0 Å². The number of aromatic nitrogens is 3. The fourth-order valence-electron chi connectivity index (χ4n) is 2.57. The van der Waals surface area contributed by atoms with Gasteiger partial charge in [0.15, 0.2) is 0 Å². The third-order valence-corrected chi connectivity index (χ3v) is 3.79. The Morgan fingerprint density at radius 1 is 1.15 bits per heavy atom. The van der Waals surface area contributed by atoms with Gasteiger partial charge in [0.1, 0.15) is 11.3 Å². The highest BCUT2D eigenvalue weighted by Crippen LogP contribution is 2.39. The van der Waals surface area contributed by atoms with E-state index in [0.29, 0.717) is 6.04 Å². The fourth-order valence-corrected chi connectivity index (χ4v) is 2.57. The second kappa shape index (κ2) is 4.34. The van der Waals surface area contributed by atoms with E-state index in [0.717, 1.165) is 22.2 Å². The van der Waals surface area contributed by atoms with Crippen LogP contribution in [0.3, 0.4) is 0 Å². The molecule has 1 aliphatic rings. The first-order valence-corrected chi connectivity index (χ1v) is 6.83. The number of fused-ring (bicyclic) bond motifs is 1. The minimum atomic E-state index is 0.567. The van der Waals surface area contributed by atoms with Crippen molar-refractivity contribution in [2.24, 2.45) is 0 Å². The number of rotatable bonds is 3. The molecule has 2 heterocycles. The van der Waals surface area contributed by atoms with Crippen LogP contribution in [0.1, 0.15) is 18.9 Å². The van der Waals surface area contributed by atoms with Gasteiger partial charge in [-0.3, -0.25) is 9.67 Å². The number of pyridine rings is 1. The summed E-state index contributed by atoms with van der Waals surface area (Å²) in [6.45, 7) is 0. The quantitative estimate of drug-likeness (QED) is 0.728. The zero-order valence-electron chi connectivity index (χ0n) is 11.3. The van der Waals surface area contributed by atoms with E-state index >= 15 is 0 Å². The summed E-state index contributed by atoms with van der Waals surface area (Å²) in [7, 11) is 1.69. The highest BCUT2D eigenvalue weighted by Gasteiger charge is 2.25. The second-order valence-corrected chi connectivity index (χ2v) is 5.15. The fraction of sp³-hybridized carbons (Fsp3) is 0.250. The monoisotopic (exact) mass is 265 g/mol. The van der Waals surface area contributed by atoms with Gasteiger partial charge in [-0.05, 0) is 48.2 Å². The molecule has 0 radical (unpaired) electrons. The Labute approximate surface area is 117 Å². The van der Waals surface area contributed by atoms with Crippen LogP contribution in [0.5, 0.6) is 5.75 Å². The van der Waals surface area contributed by atoms with E-state index in [2.05, 4.69) is 21.9 Å². The van der Waals surface area contributed by atoms with Gasteiger partial charge >= 0.3 is 0 Å². The first-order chi connectivity index (χ1) is 9.86. The lowest BCUT2D eigenvalue weighted by atomic mass is 10.0. The third-order valence-electron chi connectivity index (χ3n) is 3.79. The molecule has 0 spiro atoms. The Hall–Kier alpha value is -2.36. The maximum Gasteiger partial charge on any atom is 0.147 e. The molecule has 2 aromatic heterocycles. The number of nitrogens with zero attached hydrogens (tertiary/aromatic N) is 3. The first-order valence-electron chi connectivity index (χ1n) is 6.83. The molecule has 0 saturated heterocycles. The van der Waals surface area contributed by atoms with Gasteiger partial charge in [0.25, 0.3) is 0 Å². The van der Waals surface area contributed by atoms with E-state index in [9.17, 15) is 0 Å². The van der Waals surface area contributed by atoms with Crippen molar-refractivity contribution < 1.29 is 4.74 Å². The van der Waals surface area contributed by atoms with Crippen molar-refractivity contribution in [3.8, 4) is 16.9 Å². The van der Waals surface area contributed by atoms with E-state index < -0.39 is 0 Å². The molecule has 4 heteroatoms. The molecule has 0 unspecified atom stereocenters. The Kier molecular flexibility index (Phi) is 2.49. The van der Waals surface area contributed by atoms with Gasteiger partial charge in [0, 0.05) is 24.0 Å². The molecule has 20 heavy (non-hydrogen) atoms. The molecule has 0 N–H and O–H groups in total. The molecule has 100 valence electrons. The van der Waals surface area contributed by atoms with Crippen LogP contribution in [0, 0.1) is 0 Å². The summed E-state index contributed by atoms with van der Waals surface area (Å²) >= 11 is 0. The molecule has 0 amide bonds. The standard InChI is InChI=1S/C16H15N3O/c1-20-15-5-4-13(11-6-8-17-9-7-11)14-10-19(12-2-3-12)18-16(14)15/h4-10,12H,2-3H2,1H3. The van der Waals surface area contributed by atoms with Gasteiger partial charge in [0.2, 0.25) is 0 Å². The molecule has 1 saturated carbocycles. The third kappa shape index (κ3) is 1.76. The molecular formula is C16H15N3O. The van der Waals surface area contributed by atoms with Crippen molar-refractivity contribution in [2.75, 3.05) is 7.11 Å². The van der Waals surface area contributed by atoms with Gasteiger partial charge in [0.05, 0.1) is 13.2 Å². The van der Waals surface area contributed by atoms with Crippen LogP contribution in [0.15, 0.2) is 42.9 Å². The van der Waals surface area contributed by atoms with Crippen molar-refractivity contribution in [2.45, 2.75) is 18.9 Å². The molecule has 0 atom stereocenters. The predicted molar refractivity (Wildman–Crippen MR) is 77.8 cm³/mol. The van der Waals surface area contributed by atoms with Crippen LogP contribution in [-0.4, -0.2) is 21.9 Å². The number of hydrogen-bond acceptors (Lipinski definition) is 3. The molecule has 1 fully saturated rings. The summed E-state index contributed by atoms with van der Waals surface area (Å²) in [5, 5.41) is 5.85. The molecule has 3 aromatic rings. The Morgan fingerprint density at radius 3 is 2.65 bits per heavy atom. The average molecular weight is 265 g/mol. The van der Waals surface area contributed by atoms with E-state index in [1.165, 1.54) is 18.4 Å². The average Bonchev–Trinajstić information content (AvgIpc) is 3.26. The SMILES string of the molecule is COc1ccc(-c2ccncc2)c2cn(C3CC3)nc12. The smallest absolute Gasteiger partial charge is 0.147 e. The summed E-state index contributed by atoms with van der Waals surface area (Å²) in [6, 6.07) is 8.70. The maximum absolute atomic E-state index is 5.44. The van der Waals surface area contributed by atoms with Gasteiger partial charge in [-0.25, -0.2) is 0 Å². The molecule has 0 bridgehead atoms. The molecule has 1 aliphatic carbocycles. The van der Waals surface area contributed by atoms with Crippen LogP contribution < -0.4 is 4.74 Å². The first kappa shape index (κ1) is 11.5. The second-order valence-electron chi connectivity index (χ2n) is 5.15. The summed E-state index contributed by atoms with van der Waals surface area (Å²) in [5.74, 6) is 0.831. The highest BCUT2D eigenvalue weighted by molar-refractivity contribution is 5.97. The maximum atomic E-state index is 5.44. The topological polar surface area (TPSA) is 39.9 Å². The van der Waals surface area contributed by atoms with E-state index in [1.54, 1.807) is 7.11 Å². The van der Waals surface area contributed by atoms with Crippen LogP contribution in [0.25, 0.3) is 22.0 Å². The van der Waals surface area contributed by atoms with Crippen molar-refractivity contribution in [1.82, 2.24) is 14.8 Å². The zero-order chi connectivity index (χ0) is 13.5. The van der Waals surface area contributed by atoms with Crippen LogP contribution in [0.2, 0.25) is 0 Å². The lowest BCUT2D eigenvalue weighted by Gasteiger charge is -2.05. The van der Waals surface area contributed by atoms with Gasteiger partial charge in [-0.2, -0.15) is 5.10 Å². The molecule has 4 nitrogen and oxygen atoms in total. The van der Waals surface area contributed by atoms with E-state index in [1.807, 2.05) is 30.6 Å². The molecular weight excluding hydrogens is 250 g/mol. The molecule has 0 aliphatic heterocycles. The Bertz CT molecular complexity index is 760. The Morgan fingerprint density at radius 2 is 1.95 bits per heavy atom. The molecule has 1 aromatic carbocycles.